The van der Waals surface area contributed by atoms with Crippen LogP contribution in [0.4, 0.5) is 5.69 Å². The lowest BCUT2D eigenvalue weighted by Gasteiger charge is -2.10. The minimum absolute atomic E-state index is 0.00865. The van der Waals surface area contributed by atoms with Gasteiger partial charge in [-0.3, -0.25) is 4.79 Å². The van der Waals surface area contributed by atoms with E-state index < -0.39 is 0 Å². The third kappa shape index (κ3) is 6.70. The molecule has 0 unspecified atom stereocenters. The minimum atomic E-state index is -0.00865. The summed E-state index contributed by atoms with van der Waals surface area (Å²) < 4.78 is 11.0. The van der Waals surface area contributed by atoms with Crippen LogP contribution in [0.1, 0.15) is 18.4 Å². The molecule has 0 spiro atoms. The molecule has 2 aromatic carbocycles. The highest BCUT2D eigenvalue weighted by atomic mass is 32.2. The van der Waals surface area contributed by atoms with E-state index in [2.05, 4.69) is 5.32 Å². The van der Waals surface area contributed by atoms with Crippen LogP contribution in [0.15, 0.2) is 48.5 Å². The molecule has 0 aliphatic carbocycles. The van der Waals surface area contributed by atoms with Gasteiger partial charge in [-0.05, 0) is 49.3 Å². The van der Waals surface area contributed by atoms with E-state index in [0.717, 1.165) is 29.9 Å². The topological polar surface area (TPSA) is 47.6 Å². The molecule has 4 nitrogen and oxygen atoms in total. The van der Waals surface area contributed by atoms with Gasteiger partial charge in [-0.1, -0.05) is 30.3 Å². The number of benzene rings is 2. The van der Waals surface area contributed by atoms with Crippen LogP contribution in [0.2, 0.25) is 0 Å². The minimum Gasteiger partial charge on any atom is -0.495 e. The van der Waals surface area contributed by atoms with Crippen molar-refractivity contribution in [3.8, 4) is 11.5 Å². The van der Waals surface area contributed by atoms with E-state index in [0.29, 0.717) is 23.8 Å². The number of carbonyl (C=O) groups excluding carboxylic acids is 1. The summed E-state index contributed by atoms with van der Waals surface area (Å²) in [6.07, 6.45) is 2.01. The molecule has 0 saturated carbocycles. The molecule has 0 aromatic heterocycles. The van der Waals surface area contributed by atoms with Crippen molar-refractivity contribution in [3.05, 3.63) is 54.1 Å². The fraction of sp³-hybridized carbons (Fsp3) is 0.350. The molecular weight excluding hydrogens is 334 g/mol. The number of aryl methyl sites for hydroxylation is 1. The monoisotopic (exact) mass is 359 g/mol. The number of nitrogens with one attached hydrogen (secondary N) is 1. The van der Waals surface area contributed by atoms with E-state index >= 15 is 0 Å². The smallest absolute Gasteiger partial charge is 0.234 e. The van der Waals surface area contributed by atoms with Crippen LogP contribution in [0.5, 0.6) is 11.5 Å². The SMILES string of the molecule is COc1ccccc1NC(=O)CSCCCCOc1ccccc1C. The Morgan fingerprint density at radius 1 is 1.04 bits per heavy atom. The largest absolute Gasteiger partial charge is 0.495 e. The van der Waals surface area contributed by atoms with Crippen LogP contribution in [0.25, 0.3) is 0 Å². The molecule has 134 valence electrons. The van der Waals surface area contributed by atoms with E-state index in [1.54, 1.807) is 18.9 Å². The van der Waals surface area contributed by atoms with Crippen LogP contribution in [-0.4, -0.2) is 31.1 Å². The number of thioether (sulfide) groups is 1. The second kappa shape index (κ2) is 10.7. The first kappa shape index (κ1) is 19.2. The van der Waals surface area contributed by atoms with Crippen LogP contribution in [-0.2, 0) is 4.79 Å². The summed E-state index contributed by atoms with van der Waals surface area (Å²) in [4.78, 5) is 12.0. The summed E-state index contributed by atoms with van der Waals surface area (Å²) in [5, 5.41) is 2.88. The molecule has 0 heterocycles. The van der Waals surface area contributed by atoms with Crippen molar-refractivity contribution < 1.29 is 14.3 Å². The van der Waals surface area contributed by atoms with E-state index in [1.807, 2.05) is 55.5 Å². The highest BCUT2D eigenvalue weighted by Gasteiger charge is 2.06. The van der Waals surface area contributed by atoms with Crippen LogP contribution in [0, 0.1) is 6.92 Å². The number of amides is 1. The molecule has 1 N–H and O–H groups in total. The number of unbranched alkanes of at least 4 members (excludes halogenated alkanes) is 1. The van der Waals surface area contributed by atoms with E-state index in [1.165, 1.54) is 0 Å². The molecule has 0 saturated heterocycles. The summed E-state index contributed by atoms with van der Waals surface area (Å²) in [5.74, 6) is 3.00. The first-order valence-corrected chi connectivity index (χ1v) is 9.55. The lowest BCUT2D eigenvalue weighted by atomic mass is 10.2. The molecule has 0 bridgehead atoms. The predicted molar refractivity (Wildman–Crippen MR) is 105 cm³/mol. The van der Waals surface area contributed by atoms with Crippen molar-refractivity contribution in [2.24, 2.45) is 0 Å². The van der Waals surface area contributed by atoms with Crippen molar-refractivity contribution in [3.63, 3.8) is 0 Å². The van der Waals surface area contributed by atoms with Crippen molar-refractivity contribution >= 4 is 23.4 Å². The van der Waals surface area contributed by atoms with E-state index in [-0.39, 0.29) is 5.91 Å². The lowest BCUT2D eigenvalue weighted by molar-refractivity contribution is -0.113. The number of para-hydroxylation sites is 3. The molecule has 1 amide bonds. The fourth-order valence-corrected chi connectivity index (χ4v) is 3.12. The molecular formula is C20H25NO3S. The van der Waals surface area contributed by atoms with Crippen molar-refractivity contribution in [2.75, 3.05) is 30.5 Å². The zero-order valence-electron chi connectivity index (χ0n) is 14.8. The first-order chi connectivity index (χ1) is 12.2. The summed E-state index contributed by atoms with van der Waals surface area (Å²) >= 11 is 1.64. The van der Waals surface area contributed by atoms with Gasteiger partial charge in [-0.25, -0.2) is 0 Å². The standard InChI is InChI=1S/C20H25NO3S/c1-16-9-3-5-11-18(16)24-13-7-8-14-25-15-20(22)21-17-10-4-6-12-19(17)23-2/h3-6,9-12H,7-8,13-15H2,1-2H3,(H,21,22). The number of hydrogen-bond donors (Lipinski definition) is 1. The Balaban J connectivity index is 1.57. The number of hydrogen-bond acceptors (Lipinski definition) is 4. The second-order valence-electron chi connectivity index (χ2n) is 5.62. The molecule has 5 heteroatoms. The quantitative estimate of drug-likeness (QED) is 0.633. The van der Waals surface area contributed by atoms with E-state index in [9.17, 15) is 4.79 Å². The van der Waals surface area contributed by atoms with Gasteiger partial charge in [0, 0.05) is 0 Å². The normalized spacial score (nSPS) is 10.3. The van der Waals surface area contributed by atoms with Crippen LogP contribution in [0.3, 0.4) is 0 Å². The third-order valence-corrected chi connectivity index (χ3v) is 4.69. The number of methoxy groups -OCH3 is 1. The molecule has 0 aliphatic rings. The third-order valence-electron chi connectivity index (χ3n) is 3.65. The average molecular weight is 359 g/mol. The second-order valence-corrected chi connectivity index (χ2v) is 6.73. The Kier molecular flexibility index (Phi) is 8.19. The molecule has 0 radical (unpaired) electrons. The van der Waals surface area contributed by atoms with Gasteiger partial charge < -0.3 is 14.8 Å². The summed E-state index contributed by atoms with van der Waals surface area (Å²) in [6, 6.07) is 15.5. The Hall–Kier alpha value is -2.14. The van der Waals surface area contributed by atoms with Gasteiger partial charge >= 0.3 is 0 Å². The van der Waals surface area contributed by atoms with Crippen LogP contribution >= 0.6 is 11.8 Å². The van der Waals surface area contributed by atoms with Crippen molar-refractivity contribution in [1.29, 1.82) is 0 Å². The molecule has 2 rings (SSSR count). The number of rotatable bonds is 10. The van der Waals surface area contributed by atoms with Gasteiger partial charge in [-0.15, -0.1) is 0 Å². The number of anilines is 1. The zero-order valence-corrected chi connectivity index (χ0v) is 15.6. The van der Waals surface area contributed by atoms with E-state index in [4.69, 9.17) is 9.47 Å². The highest BCUT2D eigenvalue weighted by Crippen LogP contribution is 2.23. The first-order valence-electron chi connectivity index (χ1n) is 8.39. The van der Waals surface area contributed by atoms with Gasteiger partial charge in [0.25, 0.3) is 0 Å². The van der Waals surface area contributed by atoms with Crippen LogP contribution < -0.4 is 14.8 Å². The molecule has 0 fully saturated rings. The molecule has 0 aliphatic heterocycles. The predicted octanol–water partition coefficient (Wildman–Crippen LogP) is 4.53. The summed E-state index contributed by atoms with van der Waals surface area (Å²) in [6.45, 7) is 2.75. The maximum absolute atomic E-state index is 12.0. The average Bonchev–Trinajstić information content (AvgIpc) is 2.63. The van der Waals surface area contributed by atoms with Crippen molar-refractivity contribution in [1.82, 2.24) is 0 Å². The molecule has 0 atom stereocenters. The maximum Gasteiger partial charge on any atom is 0.234 e. The van der Waals surface area contributed by atoms with Gasteiger partial charge in [0.15, 0.2) is 0 Å². The summed E-state index contributed by atoms with van der Waals surface area (Å²) in [5.41, 5.74) is 1.87. The maximum atomic E-state index is 12.0. The number of ether oxygens (including phenoxy) is 2. The Bertz CT molecular complexity index is 675. The Morgan fingerprint density at radius 3 is 2.52 bits per heavy atom. The Morgan fingerprint density at radius 2 is 1.76 bits per heavy atom. The fourth-order valence-electron chi connectivity index (χ4n) is 2.31. The molecule has 2 aromatic rings. The van der Waals surface area contributed by atoms with Gasteiger partial charge in [0.05, 0.1) is 25.2 Å². The zero-order chi connectivity index (χ0) is 17.9. The Labute approximate surface area is 153 Å². The summed E-state index contributed by atoms with van der Waals surface area (Å²) in [7, 11) is 1.60. The highest BCUT2D eigenvalue weighted by molar-refractivity contribution is 7.99. The van der Waals surface area contributed by atoms with Gasteiger partial charge in [-0.2, -0.15) is 11.8 Å². The lowest BCUT2D eigenvalue weighted by Crippen LogP contribution is -2.15. The van der Waals surface area contributed by atoms with Gasteiger partial charge in [0.1, 0.15) is 11.5 Å². The van der Waals surface area contributed by atoms with Crippen molar-refractivity contribution in [2.45, 2.75) is 19.8 Å². The van der Waals surface area contributed by atoms with Gasteiger partial charge in [0.2, 0.25) is 5.91 Å². The molecule has 25 heavy (non-hydrogen) atoms. The number of carbonyl (C=O) groups is 1.